The van der Waals surface area contributed by atoms with Crippen molar-refractivity contribution in [2.24, 2.45) is 14.1 Å². The Labute approximate surface area is 120 Å². The lowest BCUT2D eigenvalue weighted by Gasteiger charge is -2.09. The van der Waals surface area contributed by atoms with Gasteiger partial charge in [0, 0.05) is 31.5 Å². The average Bonchev–Trinajstić information content (AvgIpc) is 2.81. The van der Waals surface area contributed by atoms with Crippen LogP contribution in [0.15, 0.2) is 41.5 Å². The van der Waals surface area contributed by atoms with Gasteiger partial charge in [-0.05, 0) is 23.6 Å². The summed E-state index contributed by atoms with van der Waals surface area (Å²) in [5, 5.41) is 8.38. The number of rotatable bonds is 2. The first-order valence-electron chi connectivity index (χ1n) is 6.10. The smallest absolute Gasteiger partial charge is 0.287 e. The number of halogens is 1. The molecular formula is C14H13ClN4O. The molecule has 2 aromatic heterocycles. The Hall–Kier alpha value is -2.27. The third-order valence-electron chi connectivity index (χ3n) is 3.25. The van der Waals surface area contributed by atoms with Crippen LogP contribution >= 0.6 is 11.6 Å². The van der Waals surface area contributed by atoms with Gasteiger partial charge in [0.25, 0.3) is 5.56 Å². The lowest BCUT2D eigenvalue weighted by Crippen LogP contribution is -2.20. The maximum atomic E-state index is 11.7. The standard InChI is InChI=1S/C14H13ClN4O/c1-18-6-5-9-3-4-10(7-12(9)18)17-11-8-16-19(2)14(20)13(11)15/h3-8,17H,1-2H3. The number of aromatic nitrogens is 3. The summed E-state index contributed by atoms with van der Waals surface area (Å²) in [6, 6.07) is 8.01. The second kappa shape index (κ2) is 4.68. The molecule has 20 heavy (non-hydrogen) atoms. The van der Waals surface area contributed by atoms with Gasteiger partial charge in [-0.25, -0.2) is 4.68 Å². The van der Waals surface area contributed by atoms with E-state index >= 15 is 0 Å². The summed E-state index contributed by atoms with van der Waals surface area (Å²) in [7, 11) is 3.55. The maximum absolute atomic E-state index is 11.7. The highest BCUT2D eigenvalue weighted by Gasteiger charge is 2.08. The fraction of sp³-hybridized carbons (Fsp3) is 0.143. The Balaban J connectivity index is 2.03. The van der Waals surface area contributed by atoms with Crippen molar-refractivity contribution >= 4 is 33.9 Å². The highest BCUT2D eigenvalue weighted by molar-refractivity contribution is 6.33. The molecular weight excluding hydrogens is 276 g/mol. The molecule has 0 aliphatic carbocycles. The summed E-state index contributed by atoms with van der Waals surface area (Å²) >= 11 is 6.04. The minimum absolute atomic E-state index is 0.134. The Bertz CT molecular complexity index is 850. The molecule has 0 radical (unpaired) electrons. The Morgan fingerprint density at radius 1 is 1.25 bits per heavy atom. The van der Waals surface area contributed by atoms with Gasteiger partial charge in [0.05, 0.1) is 11.9 Å². The van der Waals surface area contributed by atoms with Crippen LogP contribution in [0.25, 0.3) is 10.9 Å². The molecule has 102 valence electrons. The summed E-state index contributed by atoms with van der Waals surface area (Å²) in [5.41, 5.74) is 2.14. The number of fused-ring (bicyclic) bond motifs is 1. The van der Waals surface area contributed by atoms with E-state index in [0.717, 1.165) is 16.6 Å². The predicted molar refractivity (Wildman–Crippen MR) is 80.7 cm³/mol. The number of hydrogen-bond acceptors (Lipinski definition) is 3. The van der Waals surface area contributed by atoms with Crippen LogP contribution in [-0.4, -0.2) is 14.3 Å². The van der Waals surface area contributed by atoms with Crippen LogP contribution < -0.4 is 10.9 Å². The molecule has 3 aromatic rings. The fourth-order valence-electron chi connectivity index (χ4n) is 2.09. The van der Waals surface area contributed by atoms with E-state index in [1.807, 2.05) is 42.1 Å². The van der Waals surface area contributed by atoms with Gasteiger partial charge in [-0.3, -0.25) is 4.79 Å². The molecule has 0 fully saturated rings. The van der Waals surface area contributed by atoms with E-state index in [0.29, 0.717) is 5.69 Å². The van der Waals surface area contributed by atoms with E-state index < -0.39 is 0 Å². The molecule has 2 heterocycles. The Morgan fingerprint density at radius 3 is 2.85 bits per heavy atom. The van der Waals surface area contributed by atoms with Gasteiger partial charge in [-0.15, -0.1) is 0 Å². The van der Waals surface area contributed by atoms with Crippen LogP contribution in [0.2, 0.25) is 5.02 Å². The van der Waals surface area contributed by atoms with Gasteiger partial charge in [0.2, 0.25) is 0 Å². The first kappa shape index (κ1) is 12.7. The van der Waals surface area contributed by atoms with E-state index in [1.165, 1.54) is 4.68 Å². The highest BCUT2D eigenvalue weighted by Crippen LogP contribution is 2.24. The number of nitrogens with one attached hydrogen (secondary N) is 1. The second-order valence-corrected chi connectivity index (χ2v) is 5.00. The zero-order chi connectivity index (χ0) is 14.3. The van der Waals surface area contributed by atoms with E-state index in [4.69, 9.17) is 11.6 Å². The van der Waals surface area contributed by atoms with Crippen molar-refractivity contribution in [2.45, 2.75) is 0 Å². The second-order valence-electron chi connectivity index (χ2n) is 4.63. The molecule has 0 saturated carbocycles. The predicted octanol–water partition coefficient (Wildman–Crippen LogP) is 2.67. The zero-order valence-corrected chi connectivity index (χ0v) is 11.8. The van der Waals surface area contributed by atoms with Crippen LogP contribution in [-0.2, 0) is 14.1 Å². The fourth-order valence-corrected chi connectivity index (χ4v) is 2.31. The molecule has 0 aliphatic heterocycles. The molecule has 0 saturated heterocycles. The largest absolute Gasteiger partial charge is 0.353 e. The third-order valence-corrected chi connectivity index (χ3v) is 3.61. The van der Waals surface area contributed by atoms with Crippen LogP contribution in [0.3, 0.4) is 0 Å². The lowest BCUT2D eigenvalue weighted by atomic mass is 10.2. The zero-order valence-electron chi connectivity index (χ0n) is 11.1. The molecule has 0 spiro atoms. The van der Waals surface area contributed by atoms with Crippen molar-refractivity contribution in [2.75, 3.05) is 5.32 Å². The van der Waals surface area contributed by atoms with Crippen LogP contribution in [0.1, 0.15) is 0 Å². The van der Waals surface area contributed by atoms with Crippen molar-refractivity contribution in [1.29, 1.82) is 0 Å². The quantitative estimate of drug-likeness (QED) is 0.789. The van der Waals surface area contributed by atoms with E-state index in [-0.39, 0.29) is 10.6 Å². The molecule has 0 unspecified atom stereocenters. The summed E-state index contributed by atoms with van der Waals surface area (Å²) in [5.74, 6) is 0. The van der Waals surface area contributed by atoms with Crippen LogP contribution in [0.5, 0.6) is 0 Å². The SMILES string of the molecule is Cn1ncc(Nc2ccc3ccn(C)c3c2)c(Cl)c1=O. The van der Waals surface area contributed by atoms with Gasteiger partial charge in [-0.2, -0.15) is 5.10 Å². The topological polar surface area (TPSA) is 51.9 Å². The Kier molecular flexibility index (Phi) is 2.99. The first-order valence-corrected chi connectivity index (χ1v) is 6.48. The van der Waals surface area contributed by atoms with Crippen molar-refractivity contribution in [1.82, 2.24) is 14.3 Å². The maximum Gasteiger partial charge on any atom is 0.287 e. The molecule has 1 aromatic carbocycles. The van der Waals surface area contributed by atoms with E-state index in [1.54, 1.807) is 13.2 Å². The van der Waals surface area contributed by atoms with Crippen LogP contribution in [0.4, 0.5) is 11.4 Å². The Morgan fingerprint density at radius 2 is 2.05 bits per heavy atom. The summed E-state index contributed by atoms with van der Waals surface area (Å²) < 4.78 is 3.23. The van der Waals surface area contributed by atoms with Crippen molar-refractivity contribution in [3.05, 3.63) is 52.0 Å². The van der Waals surface area contributed by atoms with E-state index in [9.17, 15) is 4.79 Å². The van der Waals surface area contributed by atoms with Gasteiger partial charge < -0.3 is 9.88 Å². The minimum Gasteiger partial charge on any atom is -0.353 e. The monoisotopic (exact) mass is 288 g/mol. The van der Waals surface area contributed by atoms with Gasteiger partial charge in [0.15, 0.2) is 0 Å². The third kappa shape index (κ3) is 2.06. The van der Waals surface area contributed by atoms with Gasteiger partial charge in [0.1, 0.15) is 5.02 Å². The lowest BCUT2D eigenvalue weighted by molar-refractivity contribution is 0.709. The molecule has 1 N–H and O–H groups in total. The van der Waals surface area contributed by atoms with Gasteiger partial charge >= 0.3 is 0 Å². The summed E-state index contributed by atoms with van der Waals surface area (Å²) in [6.07, 6.45) is 3.54. The molecule has 0 amide bonds. The van der Waals surface area contributed by atoms with Crippen molar-refractivity contribution in [3.8, 4) is 0 Å². The van der Waals surface area contributed by atoms with Crippen LogP contribution in [0, 0.1) is 0 Å². The summed E-state index contributed by atoms with van der Waals surface area (Å²) in [6.45, 7) is 0. The molecule has 0 bridgehead atoms. The van der Waals surface area contributed by atoms with Gasteiger partial charge in [-0.1, -0.05) is 17.7 Å². The molecule has 6 heteroatoms. The number of benzene rings is 1. The normalized spacial score (nSPS) is 10.9. The number of nitrogens with zero attached hydrogens (tertiary/aromatic N) is 3. The average molecular weight is 289 g/mol. The molecule has 3 rings (SSSR count). The minimum atomic E-state index is -0.323. The molecule has 5 nitrogen and oxygen atoms in total. The highest BCUT2D eigenvalue weighted by atomic mass is 35.5. The first-order chi connectivity index (χ1) is 9.56. The van der Waals surface area contributed by atoms with E-state index in [2.05, 4.69) is 10.4 Å². The summed E-state index contributed by atoms with van der Waals surface area (Å²) in [4.78, 5) is 11.7. The number of anilines is 2. The molecule has 0 atom stereocenters. The number of hydrogen-bond donors (Lipinski definition) is 1. The number of aryl methyl sites for hydroxylation is 2. The van der Waals surface area contributed by atoms with Crippen molar-refractivity contribution < 1.29 is 0 Å². The molecule has 0 aliphatic rings. The van der Waals surface area contributed by atoms with Crippen molar-refractivity contribution in [3.63, 3.8) is 0 Å².